The Bertz CT molecular complexity index is 1090. The van der Waals surface area contributed by atoms with Gasteiger partial charge in [0.25, 0.3) is 0 Å². The number of halogens is 2. The summed E-state index contributed by atoms with van der Waals surface area (Å²) in [6.07, 6.45) is 0.182. The van der Waals surface area contributed by atoms with E-state index in [2.05, 4.69) is 15.1 Å². The lowest BCUT2D eigenvalue weighted by Gasteiger charge is -2.08. The fourth-order valence-electron chi connectivity index (χ4n) is 2.71. The van der Waals surface area contributed by atoms with Gasteiger partial charge >= 0.3 is 12.5 Å². The van der Waals surface area contributed by atoms with Crippen LogP contribution in [0.5, 0.6) is 0 Å². The first-order chi connectivity index (χ1) is 13.6. The minimum Gasteiger partial charge on any atom is -0.457 e. The van der Waals surface area contributed by atoms with Crippen molar-refractivity contribution >= 4 is 28.3 Å². The van der Waals surface area contributed by atoms with E-state index in [1.807, 2.05) is 16.8 Å². The van der Waals surface area contributed by atoms with E-state index in [0.29, 0.717) is 17.2 Å². The fourth-order valence-corrected chi connectivity index (χ4v) is 3.34. The molecule has 7 nitrogen and oxygen atoms in total. The predicted molar refractivity (Wildman–Crippen MR) is 96.7 cm³/mol. The first kappa shape index (κ1) is 18.2. The summed E-state index contributed by atoms with van der Waals surface area (Å²) in [4.78, 5) is 20.3. The summed E-state index contributed by atoms with van der Waals surface area (Å²) < 4.78 is 37.7. The highest BCUT2D eigenvalue weighted by molar-refractivity contribution is 7.08. The van der Waals surface area contributed by atoms with Gasteiger partial charge in [0.2, 0.25) is 11.7 Å². The summed E-state index contributed by atoms with van der Waals surface area (Å²) in [6, 6.07) is 8.38. The highest BCUT2D eigenvalue weighted by atomic mass is 32.1. The number of aromatic nitrogens is 4. The van der Waals surface area contributed by atoms with Crippen molar-refractivity contribution in [3.05, 3.63) is 52.8 Å². The van der Waals surface area contributed by atoms with E-state index in [4.69, 9.17) is 9.26 Å². The number of hydrogen-bond acceptors (Lipinski definition) is 7. The predicted octanol–water partition coefficient (Wildman–Crippen LogP) is 4.22. The van der Waals surface area contributed by atoms with Gasteiger partial charge < -0.3 is 9.26 Å². The van der Waals surface area contributed by atoms with Crippen LogP contribution in [0.3, 0.4) is 0 Å². The van der Waals surface area contributed by atoms with E-state index in [0.717, 1.165) is 10.1 Å². The number of thiophene rings is 1. The van der Waals surface area contributed by atoms with Crippen LogP contribution in [0.25, 0.3) is 22.4 Å². The smallest absolute Gasteiger partial charge is 0.320 e. The minimum atomic E-state index is -2.78. The quantitative estimate of drug-likeness (QED) is 0.429. The molecule has 0 N–H and O–H groups in total. The first-order valence-corrected chi connectivity index (χ1v) is 9.31. The van der Waals surface area contributed by atoms with Crippen LogP contribution >= 0.6 is 11.3 Å². The average Bonchev–Trinajstić information content (AvgIpc) is 3.43. The number of benzene rings is 1. The van der Waals surface area contributed by atoms with Gasteiger partial charge in [-0.1, -0.05) is 17.3 Å². The zero-order chi connectivity index (χ0) is 19.5. The number of imidazole rings is 1. The molecule has 0 aliphatic heterocycles. The lowest BCUT2D eigenvalue weighted by Crippen LogP contribution is -2.11. The molecular weight excluding hydrogens is 390 g/mol. The molecule has 28 heavy (non-hydrogen) atoms. The molecule has 0 saturated carbocycles. The van der Waals surface area contributed by atoms with Gasteiger partial charge in [0.15, 0.2) is 5.82 Å². The van der Waals surface area contributed by atoms with Crippen molar-refractivity contribution in [2.24, 2.45) is 0 Å². The molecule has 0 spiro atoms. The van der Waals surface area contributed by atoms with E-state index in [1.54, 1.807) is 24.3 Å². The van der Waals surface area contributed by atoms with E-state index < -0.39 is 12.5 Å². The monoisotopic (exact) mass is 404 g/mol. The molecular formula is C18H14F2N4O3S. The highest BCUT2D eigenvalue weighted by Gasteiger charge is 2.19. The standard InChI is InChI=1S/C18H14F2N4O3S/c19-18(20)24-13-4-2-1-3-12(13)21-14(24)9-26-16(25)6-5-15-22-17(23-27-15)11-7-8-28-10-11/h1-4,7-8,10,18H,5-6,9H2. The van der Waals surface area contributed by atoms with Crippen LogP contribution in [-0.4, -0.2) is 25.7 Å². The van der Waals surface area contributed by atoms with E-state index in [1.165, 1.54) is 11.3 Å². The van der Waals surface area contributed by atoms with Crippen LogP contribution in [0.4, 0.5) is 8.78 Å². The lowest BCUT2D eigenvalue weighted by molar-refractivity contribution is -0.145. The summed E-state index contributed by atoms with van der Waals surface area (Å²) >= 11 is 1.51. The SMILES string of the molecule is O=C(CCc1nc(-c2ccsc2)no1)OCc1nc2ccccc2n1C(F)F. The number of esters is 1. The topological polar surface area (TPSA) is 83.0 Å². The van der Waals surface area contributed by atoms with Crippen LogP contribution in [0.15, 0.2) is 45.6 Å². The van der Waals surface area contributed by atoms with Crippen LogP contribution < -0.4 is 0 Å². The number of hydrogen-bond donors (Lipinski definition) is 0. The third-order valence-electron chi connectivity index (χ3n) is 4.02. The van der Waals surface area contributed by atoms with Gasteiger partial charge in [0.05, 0.1) is 17.5 Å². The Morgan fingerprint density at radius 3 is 2.89 bits per heavy atom. The maximum absolute atomic E-state index is 13.4. The molecule has 0 radical (unpaired) electrons. The zero-order valence-corrected chi connectivity index (χ0v) is 15.2. The number of carbonyl (C=O) groups is 1. The van der Waals surface area contributed by atoms with Crippen molar-refractivity contribution in [1.82, 2.24) is 19.7 Å². The van der Waals surface area contributed by atoms with Crippen molar-refractivity contribution in [2.45, 2.75) is 26.0 Å². The number of rotatable bonds is 7. The third-order valence-corrected chi connectivity index (χ3v) is 4.70. The minimum absolute atomic E-state index is 0.0120. The average molecular weight is 404 g/mol. The maximum atomic E-state index is 13.4. The molecule has 1 aromatic carbocycles. The zero-order valence-electron chi connectivity index (χ0n) is 14.4. The van der Waals surface area contributed by atoms with E-state index >= 15 is 0 Å². The van der Waals surface area contributed by atoms with Crippen LogP contribution in [0, 0.1) is 0 Å². The van der Waals surface area contributed by atoms with Gasteiger partial charge in [-0.2, -0.15) is 25.1 Å². The Morgan fingerprint density at radius 1 is 1.25 bits per heavy atom. The molecule has 0 fully saturated rings. The highest BCUT2D eigenvalue weighted by Crippen LogP contribution is 2.23. The molecule has 0 unspecified atom stereocenters. The second kappa shape index (κ2) is 7.85. The number of fused-ring (bicyclic) bond motifs is 1. The molecule has 10 heteroatoms. The van der Waals surface area contributed by atoms with Crippen molar-refractivity contribution < 1.29 is 22.8 Å². The van der Waals surface area contributed by atoms with Crippen molar-refractivity contribution in [2.75, 3.05) is 0 Å². The molecule has 0 aliphatic carbocycles. The normalized spacial score (nSPS) is 11.4. The van der Waals surface area contributed by atoms with E-state index in [9.17, 15) is 13.6 Å². The van der Waals surface area contributed by atoms with Gasteiger partial charge in [0, 0.05) is 17.4 Å². The molecule has 0 aliphatic rings. The van der Waals surface area contributed by atoms with Crippen LogP contribution in [0.2, 0.25) is 0 Å². The first-order valence-electron chi connectivity index (χ1n) is 8.36. The Morgan fingerprint density at radius 2 is 2.11 bits per heavy atom. The van der Waals surface area contributed by atoms with Gasteiger partial charge in [-0.3, -0.25) is 9.36 Å². The second-order valence-electron chi connectivity index (χ2n) is 5.85. The largest absolute Gasteiger partial charge is 0.457 e. The Labute approximate surface area is 161 Å². The Balaban J connectivity index is 1.36. The molecule has 4 aromatic rings. The third kappa shape index (κ3) is 3.77. The second-order valence-corrected chi connectivity index (χ2v) is 6.63. The Kier molecular flexibility index (Phi) is 5.11. The van der Waals surface area contributed by atoms with Gasteiger partial charge in [-0.05, 0) is 23.6 Å². The lowest BCUT2D eigenvalue weighted by atomic mass is 10.3. The number of aryl methyl sites for hydroxylation is 1. The fraction of sp³-hybridized carbons (Fsp3) is 0.222. The molecule has 0 amide bonds. The van der Waals surface area contributed by atoms with Crippen molar-refractivity contribution in [3.8, 4) is 11.4 Å². The van der Waals surface area contributed by atoms with Gasteiger partial charge in [-0.25, -0.2) is 4.98 Å². The van der Waals surface area contributed by atoms with Gasteiger partial charge in [0.1, 0.15) is 6.61 Å². The summed E-state index contributed by atoms with van der Waals surface area (Å²) in [5.74, 6) is 0.179. The molecule has 0 bridgehead atoms. The van der Waals surface area contributed by atoms with Crippen molar-refractivity contribution in [1.29, 1.82) is 0 Å². The van der Waals surface area contributed by atoms with Crippen LogP contribution in [0.1, 0.15) is 24.7 Å². The number of ether oxygens (including phenoxy) is 1. The van der Waals surface area contributed by atoms with E-state index in [-0.39, 0.29) is 30.8 Å². The summed E-state index contributed by atoms with van der Waals surface area (Å²) in [6.45, 7) is -3.13. The number of carbonyl (C=O) groups excluding carboxylic acids is 1. The molecule has 3 heterocycles. The molecule has 0 atom stereocenters. The maximum Gasteiger partial charge on any atom is 0.320 e. The van der Waals surface area contributed by atoms with Gasteiger partial charge in [-0.15, -0.1) is 0 Å². The summed E-state index contributed by atoms with van der Waals surface area (Å²) in [5.41, 5.74) is 1.55. The number of alkyl halides is 2. The molecule has 0 saturated heterocycles. The Hall–Kier alpha value is -3.14. The molecule has 3 aromatic heterocycles. The molecule has 4 rings (SSSR count). The van der Waals surface area contributed by atoms with Crippen molar-refractivity contribution in [3.63, 3.8) is 0 Å². The number of nitrogens with zero attached hydrogens (tertiary/aromatic N) is 4. The molecule has 144 valence electrons. The van der Waals surface area contributed by atoms with Crippen LogP contribution in [-0.2, 0) is 22.6 Å². The summed E-state index contributed by atoms with van der Waals surface area (Å²) in [5, 5.41) is 7.64. The number of para-hydroxylation sites is 2. The summed E-state index contributed by atoms with van der Waals surface area (Å²) in [7, 11) is 0.